The van der Waals surface area contributed by atoms with Crippen LogP contribution in [0.4, 0.5) is 22.0 Å². The van der Waals surface area contributed by atoms with E-state index in [2.05, 4.69) is 23.8 Å². The number of aliphatic carboxylic acids is 2. The van der Waals surface area contributed by atoms with Crippen LogP contribution in [0.2, 0.25) is 0 Å². The number of nitrogens with zero attached hydrogens (tertiary/aromatic N) is 5. The first-order valence-corrected chi connectivity index (χ1v) is 19.4. The molecule has 4 N–H and O–H groups in total. The fraction of sp³-hybridized carbons (Fsp3) is 0.372. The van der Waals surface area contributed by atoms with Crippen molar-refractivity contribution < 1.29 is 56.8 Å². The lowest BCUT2D eigenvalue weighted by atomic mass is 9.99. The van der Waals surface area contributed by atoms with Crippen LogP contribution in [0, 0.1) is 11.6 Å². The third kappa shape index (κ3) is 11.4. The van der Waals surface area contributed by atoms with E-state index in [0.717, 1.165) is 55.3 Å². The zero-order chi connectivity index (χ0) is 44.8. The number of hydrogen-bond donors (Lipinski definition) is 4. The van der Waals surface area contributed by atoms with Crippen molar-refractivity contribution in [3.8, 4) is 11.1 Å². The van der Waals surface area contributed by atoms with Gasteiger partial charge in [0, 0.05) is 56.7 Å². The van der Waals surface area contributed by atoms with Gasteiger partial charge in [0.15, 0.2) is 34.9 Å². The second-order valence-corrected chi connectivity index (χ2v) is 15.1. The highest BCUT2D eigenvalue weighted by atomic mass is 19.4. The van der Waals surface area contributed by atoms with E-state index in [1.165, 1.54) is 35.0 Å². The molecule has 0 spiro atoms. The summed E-state index contributed by atoms with van der Waals surface area (Å²) in [7, 11) is 1.69. The number of rotatable bonds is 13. The second kappa shape index (κ2) is 19.6. The molecule has 1 fully saturated rings. The van der Waals surface area contributed by atoms with Crippen molar-refractivity contribution >= 4 is 28.9 Å². The molecule has 3 aromatic carbocycles. The Morgan fingerprint density at radius 3 is 1.98 bits per heavy atom. The number of likely N-dealkylation sites (tertiary alicyclic amines) is 1. The molecule has 1 amide bonds. The summed E-state index contributed by atoms with van der Waals surface area (Å²) in [6.07, 6.45) is -5.53. The van der Waals surface area contributed by atoms with Gasteiger partial charge in [-0.05, 0) is 80.0 Å². The quantitative estimate of drug-likeness (QED) is 0.114. The third-order valence-corrected chi connectivity index (χ3v) is 10.6. The zero-order valence-electron chi connectivity index (χ0n) is 33.5. The number of carbonyl (C=O) groups excluding carboxylic acids is 1. The molecule has 6 rings (SSSR count). The average molecular weight is 856 g/mol. The third-order valence-electron chi connectivity index (χ3n) is 10.6. The molecule has 2 aromatic heterocycles. The molecule has 0 saturated carbocycles. The lowest BCUT2D eigenvalue weighted by molar-refractivity contribution is -0.165. The molecule has 1 aliphatic heterocycles. The van der Waals surface area contributed by atoms with Crippen LogP contribution in [0.25, 0.3) is 22.2 Å². The van der Waals surface area contributed by atoms with E-state index in [9.17, 15) is 41.1 Å². The Balaban J connectivity index is 0.000000626. The molecule has 1 aliphatic rings. The van der Waals surface area contributed by atoms with E-state index in [4.69, 9.17) is 20.4 Å². The number of aliphatic hydroxyl groups is 2. The van der Waals surface area contributed by atoms with E-state index >= 15 is 0 Å². The number of aryl methyl sites for hydroxylation is 3. The Hall–Kier alpha value is -5.98. The molecule has 5 aromatic rings. The number of carbonyl (C=O) groups is 3. The second-order valence-electron chi connectivity index (χ2n) is 15.1. The molecule has 0 aliphatic carbocycles. The highest BCUT2D eigenvalue weighted by Gasteiger charge is 2.32. The minimum Gasteiger partial charge on any atom is -0.479 e. The highest BCUT2D eigenvalue weighted by Crippen LogP contribution is 2.31. The molecular weight excluding hydrogens is 809 g/mol. The number of carboxylic acids is 2. The first-order chi connectivity index (χ1) is 28.7. The van der Waals surface area contributed by atoms with E-state index in [1.54, 1.807) is 17.8 Å². The Morgan fingerprint density at radius 2 is 1.44 bits per heavy atom. The monoisotopic (exact) mass is 855 g/mol. The fourth-order valence-corrected chi connectivity index (χ4v) is 7.16. The number of carboxylic acid groups (broad SMARTS) is 2. The van der Waals surface area contributed by atoms with Gasteiger partial charge in [-0.2, -0.15) is 18.3 Å². The lowest BCUT2D eigenvalue weighted by Crippen LogP contribution is -2.49. The van der Waals surface area contributed by atoms with Crippen molar-refractivity contribution in [1.82, 2.24) is 24.1 Å². The topological polar surface area (TPSA) is 178 Å². The van der Waals surface area contributed by atoms with Crippen molar-refractivity contribution in [2.75, 3.05) is 13.1 Å². The number of alkyl halides is 3. The minimum absolute atomic E-state index is 0.0643. The van der Waals surface area contributed by atoms with Gasteiger partial charge in [-0.3, -0.25) is 14.3 Å². The number of aliphatic hydroxyl groups excluding tert-OH is 2. The first-order valence-electron chi connectivity index (χ1n) is 19.4. The number of hydrogen-bond acceptors (Lipinski definition) is 8. The molecule has 2 atom stereocenters. The van der Waals surface area contributed by atoms with Crippen molar-refractivity contribution in [1.29, 1.82) is 0 Å². The molecule has 3 heterocycles. The summed E-state index contributed by atoms with van der Waals surface area (Å²) < 4.78 is 71.0. The molecule has 13 nitrogen and oxygen atoms in total. The van der Waals surface area contributed by atoms with Gasteiger partial charge in [0.25, 0.3) is 0 Å². The number of piperidine rings is 1. The summed E-state index contributed by atoms with van der Waals surface area (Å²) in [5, 5.41) is 37.4. The van der Waals surface area contributed by atoms with Crippen LogP contribution in [0.15, 0.2) is 83.8 Å². The molecule has 18 heteroatoms. The maximum Gasteiger partial charge on any atom is 0.416 e. The maximum absolute atomic E-state index is 14.6. The van der Waals surface area contributed by atoms with Crippen LogP contribution >= 0.6 is 0 Å². The van der Waals surface area contributed by atoms with Crippen LogP contribution in [0.3, 0.4) is 0 Å². The molecule has 61 heavy (non-hydrogen) atoms. The van der Waals surface area contributed by atoms with Gasteiger partial charge in [0.2, 0.25) is 5.91 Å². The van der Waals surface area contributed by atoms with Crippen LogP contribution in [-0.2, 0) is 53.5 Å². The van der Waals surface area contributed by atoms with Gasteiger partial charge < -0.3 is 34.8 Å². The van der Waals surface area contributed by atoms with Gasteiger partial charge >= 0.3 is 18.1 Å². The molecule has 0 unspecified atom stereocenters. The van der Waals surface area contributed by atoms with Crippen LogP contribution < -0.4 is 5.43 Å². The van der Waals surface area contributed by atoms with Gasteiger partial charge in [-0.1, -0.05) is 48.5 Å². The van der Waals surface area contributed by atoms with E-state index in [0.29, 0.717) is 34.9 Å². The molecule has 326 valence electrons. The summed E-state index contributed by atoms with van der Waals surface area (Å²) in [6.45, 7) is 6.12. The van der Waals surface area contributed by atoms with Gasteiger partial charge in [-0.15, -0.1) is 0 Å². The number of benzene rings is 3. The van der Waals surface area contributed by atoms with E-state index in [-0.39, 0.29) is 42.3 Å². The van der Waals surface area contributed by atoms with Gasteiger partial charge in [0.1, 0.15) is 6.54 Å². The number of halogens is 5. The van der Waals surface area contributed by atoms with Crippen LogP contribution in [0.5, 0.6) is 0 Å². The predicted octanol–water partition coefficient (Wildman–Crippen LogP) is 5.26. The lowest BCUT2D eigenvalue weighted by Gasteiger charge is -2.40. The smallest absolute Gasteiger partial charge is 0.416 e. The predicted molar refractivity (Wildman–Crippen MR) is 213 cm³/mol. The zero-order valence-corrected chi connectivity index (χ0v) is 33.5. The Morgan fingerprint density at radius 1 is 0.869 bits per heavy atom. The summed E-state index contributed by atoms with van der Waals surface area (Å²) in [5.74, 6) is -5.61. The van der Waals surface area contributed by atoms with Crippen molar-refractivity contribution in [2.24, 2.45) is 7.05 Å². The number of amides is 1. The summed E-state index contributed by atoms with van der Waals surface area (Å²) in [6, 6.07) is 18.2. The molecule has 0 radical (unpaired) electrons. The SMILES string of the molecule is CC(C)N1CCC(N(Cc2ccc(-c3ccc(C(F)(F)F)cc3)cc2)C(=O)Cn2c(CCc3cccc(F)c3F)cc(=O)c3cn(C)nc32)CC1.O=C(O)[C@H](O)[C@@H](O)C(=O)O. The van der Waals surface area contributed by atoms with E-state index < -0.39 is 47.5 Å². The summed E-state index contributed by atoms with van der Waals surface area (Å²) >= 11 is 0. The van der Waals surface area contributed by atoms with E-state index in [1.807, 2.05) is 29.2 Å². The highest BCUT2D eigenvalue weighted by molar-refractivity contribution is 5.83. The van der Waals surface area contributed by atoms with Crippen molar-refractivity contribution in [3.63, 3.8) is 0 Å². The van der Waals surface area contributed by atoms with Gasteiger partial charge in [-0.25, -0.2) is 18.4 Å². The number of aromatic nitrogens is 3. The number of fused-ring (bicyclic) bond motifs is 1. The van der Waals surface area contributed by atoms with Gasteiger partial charge in [0.05, 0.1) is 10.9 Å². The van der Waals surface area contributed by atoms with Crippen molar-refractivity contribution in [2.45, 2.75) is 83.1 Å². The molecule has 1 saturated heterocycles. The molecular formula is C43H46F5N5O8. The normalized spacial score (nSPS) is 14.7. The average Bonchev–Trinajstić information content (AvgIpc) is 3.63. The maximum atomic E-state index is 14.6. The minimum atomic E-state index is -4.42. The van der Waals surface area contributed by atoms with Crippen molar-refractivity contribution in [3.05, 3.63) is 123 Å². The Kier molecular flexibility index (Phi) is 14.8. The first kappa shape index (κ1) is 46.1. The largest absolute Gasteiger partial charge is 0.479 e. The standard InChI is InChI=1S/C39H40F5N5O2.C4H6O6/c1-25(2)47-19-17-31(18-20-47)48(22-26-7-9-27(10-8-26)28-11-14-30(15-12-28)39(42,43)44)36(51)24-49-32(16-13-29-5-4-6-34(40)37(29)41)21-35(50)33-23-46(3)45-38(33)49;5-1(3(7)8)2(6)4(9)10/h4-12,14-15,21,23,25,31H,13,16-20,22,24H2,1-3H3;1-2,5-6H,(H,7,8)(H,9,10)/t;1-,2-/m.1/s1. The Bertz CT molecular complexity index is 2370. The summed E-state index contributed by atoms with van der Waals surface area (Å²) in [5.41, 5.74) is 2.25. The number of pyridine rings is 1. The fourth-order valence-electron chi connectivity index (χ4n) is 7.16. The summed E-state index contributed by atoms with van der Waals surface area (Å²) in [4.78, 5) is 51.4. The van der Waals surface area contributed by atoms with Crippen LogP contribution in [0.1, 0.15) is 49.1 Å². The molecule has 0 bridgehead atoms. The van der Waals surface area contributed by atoms with Crippen LogP contribution in [-0.4, -0.2) is 99.8 Å². The Labute approximate surface area is 346 Å².